The molecule has 1 aliphatic heterocycles. The van der Waals surface area contributed by atoms with Gasteiger partial charge in [0, 0.05) is 19.8 Å². The van der Waals surface area contributed by atoms with Gasteiger partial charge < -0.3 is 10.2 Å². The van der Waals surface area contributed by atoms with Gasteiger partial charge in [0.05, 0.1) is 12.7 Å². The summed E-state index contributed by atoms with van der Waals surface area (Å²) in [4.78, 5) is 25.3. The van der Waals surface area contributed by atoms with Crippen LogP contribution in [-0.4, -0.2) is 45.1 Å². The van der Waals surface area contributed by atoms with Crippen LogP contribution in [0.15, 0.2) is 12.4 Å². The minimum absolute atomic E-state index is 0.0384. The molecule has 1 aromatic heterocycles. The first-order chi connectivity index (χ1) is 8.41. The topological polar surface area (TPSA) is 67.2 Å². The van der Waals surface area contributed by atoms with Gasteiger partial charge in [-0.25, -0.2) is 0 Å². The SMILES string of the molecule is Cn1cc(CCN2C(=O)CNC(=O)C2(C)C)cn1. The van der Waals surface area contributed by atoms with E-state index in [0.29, 0.717) is 13.0 Å². The van der Waals surface area contributed by atoms with E-state index < -0.39 is 5.54 Å². The molecule has 6 nitrogen and oxygen atoms in total. The fourth-order valence-corrected chi connectivity index (χ4v) is 2.15. The molecule has 0 bridgehead atoms. The van der Waals surface area contributed by atoms with Crippen molar-refractivity contribution in [1.82, 2.24) is 20.0 Å². The summed E-state index contributed by atoms with van der Waals surface area (Å²) in [6.07, 6.45) is 4.40. The molecule has 98 valence electrons. The summed E-state index contributed by atoms with van der Waals surface area (Å²) in [5, 5.41) is 6.69. The highest BCUT2D eigenvalue weighted by Gasteiger charge is 2.41. The number of piperazine rings is 1. The lowest BCUT2D eigenvalue weighted by molar-refractivity contribution is -0.151. The number of rotatable bonds is 3. The number of aromatic nitrogens is 2. The van der Waals surface area contributed by atoms with Crippen molar-refractivity contribution >= 4 is 11.8 Å². The van der Waals surface area contributed by atoms with Gasteiger partial charge in [-0.2, -0.15) is 5.10 Å². The van der Waals surface area contributed by atoms with Crippen LogP contribution < -0.4 is 5.32 Å². The minimum Gasteiger partial charge on any atom is -0.345 e. The molecule has 0 aliphatic carbocycles. The maximum absolute atomic E-state index is 11.9. The number of hydrogen-bond donors (Lipinski definition) is 1. The normalized spacial score (nSPS) is 18.9. The molecule has 1 saturated heterocycles. The molecule has 0 saturated carbocycles. The summed E-state index contributed by atoms with van der Waals surface area (Å²) in [5.41, 5.74) is 0.282. The third-order valence-corrected chi connectivity index (χ3v) is 3.31. The molecule has 0 atom stereocenters. The van der Waals surface area contributed by atoms with E-state index in [-0.39, 0.29) is 18.4 Å². The molecule has 2 amide bonds. The second-order valence-electron chi connectivity index (χ2n) is 5.06. The molecule has 0 spiro atoms. The van der Waals surface area contributed by atoms with Crippen molar-refractivity contribution in [1.29, 1.82) is 0 Å². The highest BCUT2D eigenvalue weighted by Crippen LogP contribution is 2.18. The molecule has 6 heteroatoms. The van der Waals surface area contributed by atoms with Crippen molar-refractivity contribution in [3.8, 4) is 0 Å². The maximum atomic E-state index is 11.9. The Kier molecular flexibility index (Phi) is 3.11. The Morgan fingerprint density at radius 2 is 2.17 bits per heavy atom. The zero-order chi connectivity index (χ0) is 13.3. The van der Waals surface area contributed by atoms with Gasteiger partial charge in [0.2, 0.25) is 11.8 Å². The lowest BCUT2D eigenvalue weighted by Crippen LogP contribution is -2.64. The molecule has 0 radical (unpaired) electrons. The highest BCUT2D eigenvalue weighted by molar-refractivity contribution is 5.97. The van der Waals surface area contributed by atoms with Crippen LogP contribution in [0.25, 0.3) is 0 Å². The van der Waals surface area contributed by atoms with E-state index in [9.17, 15) is 9.59 Å². The lowest BCUT2D eigenvalue weighted by atomic mass is 9.98. The van der Waals surface area contributed by atoms with E-state index in [0.717, 1.165) is 5.56 Å². The molecule has 1 aromatic rings. The maximum Gasteiger partial charge on any atom is 0.245 e. The summed E-state index contributed by atoms with van der Waals surface area (Å²) in [6.45, 7) is 4.16. The average Bonchev–Trinajstić information content (AvgIpc) is 2.70. The number of nitrogens with zero attached hydrogens (tertiary/aromatic N) is 3. The Morgan fingerprint density at radius 1 is 1.44 bits per heavy atom. The molecule has 18 heavy (non-hydrogen) atoms. The number of carbonyl (C=O) groups excluding carboxylic acids is 2. The molecule has 1 N–H and O–H groups in total. The van der Waals surface area contributed by atoms with Crippen LogP contribution in [-0.2, 0) is 23.1 Å². The molecule has 0 aromatic carbocycles. The zero-order valence-corrected chi connectivity index (χ0v) is 10.9. The minimum atomic E-state index is -0.780. The zero-order valence-electron chi connectivity index (χ0n) is 10.9. The first-order valence-electron chi connectivity index (χ1n) is 5.97. The summed E-state index contributed by atoms with van der Waals surface area (Å²) < 4.78 is 1.73. The van der Waals surface area contributed by atoms with Gasteiger partial charge in [0.25, 0.3) is 0 Å². The van der Waals surface area contributed by atoms with Gasteiger partial charge >= 0.3 is 0 Å². The van der Waals surface area contributed by atoms with Gasteiger partial charge in [-0.05, 0) is 25.8 Å². The Morgan fingerprint density at radius 3 is 2.78 bits per heavy atom. The molecule has 0 unspecified atom stereocenters. The van der Waals surface area contributed by atoms with Crippen molar-refractivity contribution < 1.29 is 9.59 Å². The molecular formula is C12H18N4O2. The third-order valence-electron chi connectivity index (χ3n) is 3.31. The fraction of sp³-hybridized carbons (Fsp3) is 0.583. The first kappa shape index (κ1) is 12.6. The third kappa shape index (κ3) is 2.23. The van der Waals surface area contributed by atoms with Crippen LogP contribution in [0.4, 0.5) is 0 Å². The van der Waals surface area contributed by atoms with Crippen molar-refractivity contribution in [3.63, 3.8) is 0 Å². The van der Waals surface area contributed by atoms with Gasteiger partial charge in [-0.15, -0.1) is 0 Å². The molecular weight excluding hydrogens is 232 g/mol. The summed E-state index contributed by atoms with van der Waals surface area (Å²) >= 11 is 0. The van der Waals surface area contributed by atoms with Crippen LogP contribution in [0.3, 0.4) is 0 Å². The van der Waals surface area contributed by atoms with Crippen molar-refractivity contribution in [3.05, 3.63) is 18.0 Å². The predicted octanol–water partition coefficient (Wildman–Crippen LogP) is -0.300. The van der Waals surface area contributed by atoms with Crippen LogP contribution in [0.2, 0.25) is 0 Å². The molecule has 1 fully saturated rings. The quantitative estimate of drug-likeness (QED) is 0.801. The van der Waals surface area contributed by atoms with E-state index in [1.807, 2.05) is 13.2 Å². The molecule has 2 heterocycles. The predicted molar refractivity (Wildman–Crippen MR) is 65.7 cm³/mol. The Hall–Kier alpha value is -1.85. The van der Waals surface area contributed by atoms with Crippen molar-refractivity contribution in [2.45, 2.75) is 25.8 Å². The van der Waals surface area contributed by atoms with E-state index in [2.05, 4.69) is 10.4 Å². The van der Waals surface area contributed by atoms with E-state index in [4.69, 9.17) is 0 Å². The summed E-state index contributed by atoms with van der Waals surface area (Å²) in [5.74, 6) is -0.142. The monoisotopic (exact) mass is 250 g/mol. The largest absolute Gasteiger partial charge is 0.345 e. The van der Waals surface area contributed by atoms with Crippen LogP contribution >= 0.6 is 0 Å². The smallest absolute Gasteiger partial charge is 0.245 e. The standard InChI is InChI=1S/C12H18N4O2/c1-12(2)11(18)13-7-10(17)16(12)5-4-9-6-14-15(3)8-9/h6,8H,4-5,7H2,1-3H3,(H,13,18). The number of nitrogens with one attached hydrogen (secondary N) is 1. The van der Waals surface area contributed by atoms with Crippen molar-refractivity contribution in [2.75, 3.05) is 13.1 Å². The number of amides is 2. The van der Waals surface area contributed by atoms with Gasteiger partial charge in [0.1, 0.15) is 5.54 Å². The van der Waals surface area contributed by atoms with Crippen LogP contribution in [0.5, 0.6) is 0 Å². The second kappa shape index (κ2) is 4.44. The Bertz CT molecular complexity index is 478. The van der Waals surface area contributed by atoms with E-state index in [1.165, 1.54) is 0 Å². The molecule has 2 rings (SSSR count). The second-order valence-corrected chi connectivity index (χ2v) is 5.06. The fourth-order valence-electron chi connectivity index (χ4n) is 2.15. The molecule has 1 aliphatic rings. The Balaban J connectivity index is 2.06. The number of hydrogen-bond acceptors (Lipinski definition) is 3. The van der Waals surface area contributed by atoms with Gasteiger partial charge in [-0.3, -0.25) is 14.3 Å². The first-order valence-corrected chi connectivity index (χ1v) is 5.97. The number of aryl methyl sites for hydroxylation is 1. The lowest BCUT2D eigenvalue weighted by Gasteiger charge is -2.41. The summed E-state index contributed by atoms with van der Waals surface area (Å²) in [7, 11) is 1.85. The van der Waals surface area contributed by atoms with Crippen LogP contribution in [0.1, 0.15) is 19.4 Å². The average molecular weight is 250 g/mol. The van der Waals surface area contributed by atoms with E-state index >= 15 is 0 Å². The van der Waals surface area contributed by atoms with Gasteiger partial charge in [0.15, 0.2) is 0 Å². The Labute approximate surface area is 106 Å². The van der Waals surface area contributed by atoms with Crippen LogP contribution in [0, 0.1) is 0 Å². The van der Waals surface area contributed by atoms with Crippen molar-refractivity contribution in [2.24, 2.45) is 7.05 Å². The van der Waals surface area contributed by atoms with Gasteiger partial charge in [-0.1, -0.05) is 0 Å². The number of carbonyl (C=O) groups is 2. The highest BCUT2D eigenvalue weighted by atomic mass is 16.2. The van der Waals surface area contributed by atoms with E-state index in [1.54, 1.807) is 29.6 Å². The summed E-state index contributed by atoms with van der Waals surface area (Å²) in [6, 6.07) is 0.